The first-order valence-electron chi connectivity index (χ1n) is 7.65. The monoisotopic (exact) mass is 343 g/mol. The first kappa shape index (κ1) is 17.9. The molecule has 2 rings (SSSR count). The molecule has 2 heterocycles. The van der Waals surface area contributed by atoms with Crippen LogP contribution in [0.25, 0.3) is 0 Å². The minimum Gasteiger partial charge on any atom is -0.322 e. The number of carbonyl (C=O) groups is 1. The number of nitrogens with zero attached hydrogens (tertiary/aromatic N) is 3. The summed E-state index contributed by atoms with van der Waals surface area (Å²) in [4.78, 5) is 14.2. The quantitative estimate of drug-likeness (QED) is 0.784. The molecular weight excluding hydrogens is 318 g/mol. The molecule has 1 amide bonds. The zero-order valence-corrected chi connectivity index (χ0v) is 14.9. The minimum atomic E-state index is -3.22. The van der Waals surface area contributed by atoms with Gasteiger partial charge in [0, 0.05) is 19.6 Å². The van der Waals surface area contributed by atoms with Gasteiger partial charge in [0.25, 0.3) is 0 Å². The number of nitrogens with one attached hydrogen (secondary N) is 2. The minimum absolute atomic E-state index is 0.107. The van der Waals surface area contributed by atoms with Crippen LogP contribution in [0.4, 0.5) is 5.69 Å². The van der Waals surface area contributed by atoms with Gasteiger partial charge in [-0.2, -0.15) is 5.10 Å². The lowest BCUT2D eigenvalue weighted by Crippen LogP contribution is -2.49. The van der Waals surface area contributed by atoms with Crippen LogP contribution in [0.2, 0.25) is 0 Å². The van der Waals surface area contributed by atoms with Crippen LogP contribution in [0.3, 0.4) is 0 Å². The summed E-state index contributed by atoms with van der Waals surface area (Å²) in [6.45, 7) is 5.35. The van der Waals surface area contributed by atoms with E-state index in [2.05, 4.69) is 15.1 Å². The van der Waals surface area contributed by atoms with Crippen molar-refractivity contribution in [2.24, 2.45) is 7.05 Å². The Morgan fingerprint density at radius 3 is 2.65 bits per heavy atom. The van der Waals surface area contributed by atoms with Crippen molar-refractivity contribution in [1.82, 2.24) is 19.4 Å². The molecule has 0 spiro atoms. The zero-order valence-electron chi connectivity index (χ0n) is 14.1. The fraction of sp³-hybridized carbons (Fsp3) is 0.714. The molecule has 1 fully saturated rings. The van der Waals surface area contributed by atoms with Gasteiger partial charge in [0.2, 0.25) is 15.9 Å². The number of likely N-dealkylation sites (tertiary alicyclic amines) is 1. The second-order valence-electron chi connectivity index (χ2n) is 6.18. The molecule has 1 saturated heterocycles. The molecular formula is C14H25N5O3S. The maximum Gasteiger partial charge on any atom is 0.238 e. The van der Waals surface area contributed by atoms with Gasteiger partial charge in [-0.05, 0) is 33.2 Å². The lowest BCUT2D eigenvalue weighted by atomic mass is 10.1. The van der Waals surface area contributed by atoms with Crippen LogP contribution < -0.4 is 10.0 Å². The summed E-state index contributed by atoms with van der Waals surface area (Å²) in [7, 11) is -1.38. The normalized spacial score (nSPS) is 19.7. The molecule has 0 radical (unpaired) electrons. The average Bonchev–Trinajstić information content (AvgIpc) is 2.64. The van der Waals surface area contributed by atoms with Crippen molar-refractivity contribution in [3.05, 3.63) is 11.4 Å². The molecule has 1 aromatic heterocycles. The van der Waals surface area contributed by atoms with Crippen molar-refractivity contribution in [1.29, 1.82) is 0 Å². The Kier molecular flexibility index (Phi) is 5.43. The van der Waals surface area contributed by atoms with E-state index in [0.717, 1.165) is 42.7 Å². The summed E-state index contributed by atoms with van der Waals surface area (Å²) in [6, 6.07) is -0.131. The maximum atomic E-state index is 12.3. The Morgan fingerprint density at radius 1 is 1.39 bits per heavy atom. The van der Waals surface area contributed by atoms with Crippen molar-refractivity contribution in [3.8, 4) is 0 Å². The van der Waals surface area contributed by atoms with Gasteiger partial charge in [-0.1, -0.05) is 0 Å². The molecule has 2 N–H and O–H groups in total. The van der Waals surface area contributed by atoms with Crippen molar-refractivity contribution < 1.29 is 13.2 Å². The molecule has 0 saturated carbocycles. The van der Waals surface area contributed by atoms with Crippen molar-refractivity contribution >= 4 is 21.6 Å². The van der Waals surface area contributed by atoms with Crippen LogP contribution in [-0.4, -0.2) is 60.9 Å². The molecule has 0 bridgehead atoms. The molecule has 1 aromatic rings. The van der Waals surface area contributed by atoms with Gasteiger partial charge in [0.05, 0.1) is 29.9 Å². The number of sulfonamides is 1. The Balaban J connectivity index is 1.92. The third-order valence-corrected chi connectivity index (χ3v) is 4.79. The summed E-state index contributed by atoms with van der Waals surface area (Å²) in [5, 5.41) is 7.18. The predicted octanol–water partition coefficient (Wildman–Crippen LogP) is -0.0110. The van der Waals surface area contributed by atoms with Crippen LogP contribution in [-0.2, 0) is 21.9 Å². The Bertz CT molecular complexity index is 683. The van der Waals surface area contributed by atoms with Gasteiger partial charge < -0.3 is 5.32 Å². The van der Waals surface area contributed by atoms with E-state index in [9.17, 15) is 13.2 Å². The topological polar surface area (TPSA) is 96.3 Å². The predicted molar refractivity (Wildman–Crippen MR) is 88.8 cm³/mol. The number of amides is 1. The highest BCUT2D eigenvalue weighted by Crippen LogP contribution is 2.18. The number of aromatic nitrogens is 2. The third-order valence-electron chi connectivity index (χ3n) is 4.03. The average molecular weight is 343 g/mol. The van der Waals surface area contributed by atoms with E-state index in [1.165, 1.54) is 0 Å². The van der Waals surface area contributed by atoms with Crippen LogP contribution in [0, 0.1) is 13.8 Å². The fourth-order valence-corrected chi connectivity index (χ4v) is 3.73. The molecule has 1 atom stereocenters. The highest BCUT2D eigenvalue weighted by molar-refractivity contribution is 7.88. The number of anilines is 1. The van der Waals surface area contributed by atoms with Crippen LogP contribution in [0.1, 0.15) is 24.2 Å². The smallest absolute Gasteiger partial charge is 0.238 e. The van der Waals surface area contributed by atoms with Gasteiger partial charge in [-0.25, -0.2) is 13.1 Å². The molecule has 8 nitrogen and oxygen atoms in total. The second-order valence-corrected chi connectivity index (χ2v) is 7.96. The third kappa shape index (κ3) is 5.02. The van der Waals surface area contributed by atoms with Gasteiger partial charge in [-0.3, -0.25) is 14.4 Å². The van der Waals surface area contributed by atoms with E-state index in [0.29, 0.717) is 6.54 Å². The molecule has 9 heteroatoms. The lowest BCUT2D eigenvalue weighted by molar-refractivity contribution is -0.117. The standard InChI is InChI=1S/C14H25N5O3S/c1-10-14(11(2)18(3)16-10)15-13(20)9-19-7-5-6-12(8-19)17-23(4,21)22/h12,17H,5-9H2,1-4H3,(H,15,20). The molecule has 130 valence electrons. The van der Waals surface area contributed by atoms with Crippen molar-refractivity contribution in [2.75, 3.05) is 31.2 Å². The number of rotatable bonds is 5. The summed E-state index contributed by atoms with van der Waals surface area (Å²) in [5.74, 6) is -0.107. The van der Waals surface area contributed by atoms with Gasteiger partial charge >= 0.3 is 0 Å². The fourth-order valence-electron chi connectivity index (χ4n) is 2.93. The van der Waals surface area contributed by atoms with E-state index >= 15 is 0 Å². The van der Waals surface area contributed by atoms with E-state index in [4.69, 9.17) is 0 Å². The molecule has 1 aliphatic heterocycles. The van der Waals surface area contributed by atoms with Gasteiger partial charge in [-0.15, -0.1) is 0 Å². The summed E-state index contributed by atoms with van der Waals surface area (Å²) < 4.78 is 27.0. The highest BCUT2D eigenvalue weighted by Gasteiger charge is 2.24. The molecule has 0 aromatic carbocycles. The molecule has 1 unspecified atom stereocenters. The first-order chi connectivity index (χ1) is 10.7. The lowest BCUT2D eigenvalue weighted by Gasteiger charge is -2.32. The van der Waals surface area contributed by atoms with Crippen LogP contribution >= 0.6 is 0 Å². The number of aryl methyl sites for hydroxylation is 2. The van der Waals surface area contributed by atoms with Crippen molar-refractivity contribution in [2.45, 2.75) is 32.7 Å². The van der Waals surface area contributed by atoms with Crippen LogP contribution in [0.15, 0.2) is 0 Å². The first-order valence-corrected chi connectivity index (χ1v) is 9.54. The van der Waals surface area contributed by atoms with Crippen molar-refractivity contribution in [3.63, 3.8) is 0 Å². The van der Waals surface area contributed by atoms with E-state index < -0.39 is 10.0 Å². The zero-order chi connectivity index (χ0) is 17.2. The SMILES string of the molecule is Cc1nn(C)c(C)c1NC(=O)CN1CCCC(NS(C)(=O)=O)C1. The number of carbonyl (C=O) groups excluding carboxylic acids is 1. The largest absolute Gasteiger partial charge is 0.322 e. The summed E-state index contributed by atoms with van der Waals surface area (Å²) >= 11 is 0. The van der Waals surface area contributed by atoms with E-state index in [1.54, 1.807) is 4.68 Å². The number of hydrogen-bond acceptors (Lipinski definition) is 5. The Labute approximate surface area is 137 Å². The molecule has 0 aliphatic carbocycles. The number of piperidine rings is 1. The highest BCUT2D eigenvalue weighted by atomic mass is 32.2. The van der Waals surface area contributed by atoms with E-state index in [1.807, 2.05) is 25.8 Å². The maximum absolute atomic E-state index is 12.3. The Hall–Kier alpha value is -1.45. The van der Waals surface area contributed by atoms with Crippen LogP contribution in [0.5, 0.6) is 0 Å². The summed E-state index contributed by atoms with van der Waals surface area (Å²) in [6.07, 6.45) is 2.82. The van der Waals surface area contributed by atoms with Gasteiger partial charge in [0.1, 0.15) is 0 Å². The second kappa shape index (κ2) is 6.98. The van der Waals surface area contributed by atoms with Gasteiger partial charge in [0.15, 0.2) is 0 Å². The van der Waals surface area contributed by atoms with E-state index in [-0.39, 0.29) is 18.5 Å². The molecule has 23 heavy (non-hydrogen) atoms. The number of hydrogen-bond donors (Lipinski definition) is 2. The Morgan fingerprint density at radius 2 is 2.09 bits per heavy atom. The molecule has 1 aliphatic rings. The summed E-state index contributed by atoms with van der Waals surface area (Å²) in [5.41, 5.74) is 2.44.